The predicted octanol–water partition coefficient (Wildman–Crippen LogP) is 0.736. The zero-order valence-corrected chi connectivity index (χ0v) is 12.0. The zero-order chi connectivity index (χ0) is 15.0. The Kier molecular flexibility index (Phi) is 3.13. The molecule has 0 saturated carbocycles. The van der Waals surface area contributed by atoms with E-state index in [-0.39, 0.29) is 11.7 Å². The van der Waals surface area contributed by atoms with Crippen molar-refractivity contribution in [1.29, 1.82) is 0 Å². The monoisotopic (exact) mass is 285 g/mol. The fourth-order valence-corrected chi connectivity index (χ4v) is 2.14. The van der Waals surface area contributed by atoms with Crippen molar-refractivity contribution in [3.05, 3.63) is 41.2 Å². The first-order valence-electron chi connectivity index (χ1n) is 6.49. The van der Waals surface area contributed by atoms with Gasteiger partial charge in [-0.2, -0.15) is 10.1 Å². The lowest BCUT2D eigenvalue weighted by atomic mass is 10.3. The molecule has 3 heterocycles. The van der Waals surface area contributed by atoms with E-state index in [1.807, 2.05) is 19.9 Å². The highest BCUT2D eigenvalue weighted by Gasteiger charge is 2.19. The number of fused-ring (bicyclic) bond motifs is 1. The fourth-order valence-electron chi connectivity index (χ4n) is 2.14. The number of aromatic nitrogens is 6. The molecule has 8 nitrogen and oxygen atoms in total. The summed E-state index contributed by atoms with van der Waals surface area (Å²) in [7, 11) is 1.70. The topological polar surface area (TPSA) is 92.1 Å². The van der Waals surface area contributed by atoms with Gasteiger partial charge in [0, 0.05) is 36.7 Å². The number of hydrogen-bond acceptors (Lipinski definition) is 5. The second kappa shape index (κ2) is 4.97. The zero-order valence-electron chi connectivity index (χ0n) is 12.0. The molecule has 0 radical (unpaired) electrons. The molecule has 0 fully saturated rings. The van der Waals surface area contributed by atoms with Gasteiger partial charge < -0.3 is 4.90 Å². The first kappa shape index (κ1) is 13.2. The molecular weight excluding hydrogens is 270 g/mol. The van der Waals surface area contributed by atoms with E-state index in [4.69, 9.17) is 0 Å². The normalized spacial score (nSPS) is 11.0. The maximum absolute atomic E-state index is 12.4. The van der Waals surface area contributed by atoms with Gasteiger partial charge in [0.1, 0.15) is 0 Å². The Balaban J connectivity index is 1.89. The summed E-state index contributed by atoms with van der Waals surface area (Å²) in [6.07, 6.45) is 3.42. The summed E-state index contributed by atoms with van der Waals surface area (Å²) in [6.45, 7) is 4.23. The highest BCUT2D eigenvalue weighted by molar-refractivity contribution is 5.90. The second-order valence-electron chi connectivity index (χ2n) is 4.95. The van der Waals surface area contributed by atoms with Crippen LogP contribution in [-0.2, 0) is 6.54 Å². The standard InChI is InChI=1S/C13H15N7O/c1-8-4-9(2)20-13(16-8)17-11(18-20)12(21)19(3)7-10-5-14-15-6-10/h4-6H,7H2,1-3H3,(H,14,15). The molecule has 0 saturated heterocycles. The minimum absolute atomic E-state index is 0.141. The van der Waals surface area contributed by atoms with Crippen LogP contribution >= 0.6 is 0 Å². The third-order valence-electron chi connectivity index (χ3n) is 3.13. The number of carbonyl (C=O) groups excluding carboxylic acids is 1. The van der Waals surface area contributed by atoms with E-state index in [1.54, 1.807) is 28.9 Å². The molecule has 0 aliphatic heterocycles. The third kappa shape index (κ3) is 2.47. The van der Waals surface area contributed by atoms with E-state index < -0.39 is 0 Å². The van der Waals surface area contributed by atoms with Crippen molar-refractivity contribution >= 4 is 11.7 Å². The van der Waals surface area contributed by atoms with Gasteiger partial charge in [-0.15, -0.1) is 5.10 Å². The number of carbonyl (C=O) groups is 1. The summed E-state index contributed by atoms with van der Waals surface area (Å²) in [4.78, 5) is 22.4. The van der Waals surface area contributed by atoms with Crippen LogP contribution in [-0.4, -0.2) is 47.6 Å². The van der Waals surface area contributed by atoms with Crippen LogP contribution in [0.1, 0.15) is 27.6 Å². The summed E-state index contributed by atoms with van der Waals surface area (Å²) in [5.41, 5.74) is 2.65. The molecule has 3 aromatic rings. The minimum atomic E-state index is -0.251. The molecule has 0 aliphatic rings. The van der Waals surface area contributed by atoms with Crippen LogP contribution in [0.5, 0.6) is 0 Å². The Morgan fingerprint density at radius 3 is 2.90 bits per heavy atom. The van der Waals surface area contributed by atoms with Gasteiger partial charge in [-0.05, 0) is 19.9 Å². The van der Waals surface area contributed by atoms with Crippen molar-refractivity contribution in [1.82, 2.24) is 34.7 Å². The average molecular weight is 285 g/mol. The molecule has 3 rings (SSSR count). The fraction of sp³-hybridized carbons (Fsp3) is 0.308. The van der Waals surface area contributed by atoms with Crippen LogP contribution in [0.25, 0.3) is 5.78 Å². The first-order chi connectivity index (χ1) is 10.0. The average Bonchev–Trinajstić information content (AvgIpc) is 3.06. The lowest BCUT2D eigenvalue weighted by molar-refractivity contribution is 0.0773. The Hall–Kier alpha value is -2.77. The first-order valence-corrected chi connectivity index (χ1v) is 6.49. The van der Waals surface area contributed by atoms with Gasteiger partial charge in [0.2, 0.25) is 5.82 Å². The molecule has 0 unspecified atom stereocenters. The highest BCUT2D eigenvalue weighted by atomic mass is 16.2. The molecular formula is C13H15N7O. The lowest BCUT2D eigenvalue weighted by Crippen LogP contribution is -2.27. The Morgan fingerprint density at radius 1 is 1.38 bits per heavy atom. The van der Waals surface area contributed by atoms with Crippen LogP contribution in [0.4, 0.5) is 0 Å². The Morgan fingerprint density at radius 2 is 2.19 bits per heavy atom. The van der Waals surface area contributed by atoms with Crippen molar-refractivity contribution in [3.63, 3.8) is 0 Å². The molecule has 0 spiro atoms. The molecule has 0 aromatic carbocycles. The lowest BCUT2D eigenvalue weighted by Gasteiger charge is -2.13. The van der Waals surface area contributed by atoms with Crippen molar-refractivity contribution in [2.45, 2.75) is 20.4 Å². The molecule has 1 N–H and O–H groups in total. The van der Waals surface area contributed by atoms with Crippen LogP contribution in [0.15, 0.2) is 18.5 Å². The van der Waals surface area contributed by atoms with Crippen molar-refractivity contribution < 1.29 is 4.79 Å². The van der Waals surface area contributed by atoms with Gasteiger partial charge in [0.05, 0.1) is 6.20 Å². The molecule has 0 atom stereocenters. The van der Waals surface area contributed by atoms with Crippen LogP contribution in [0.2, 0.25) is 0 Å². The molecule has 21 heavy (non-hydrogen) atoms. The van der Waals surface area contributed by atoms with Gasteiger partial charge in [-0.1, -0.05) is 0 Å². The number of nitrogens with one attached hydrogen (secondary N) is 1. The molecule has 108 valence electrons. The second-order valence-corrected chi connectivity index (χ2v) is 4.95. The maximum atomic E-state index is 12.4. The quantitative estimate of drug-likeness (QED) is 0.766. The number of amides is 1. The third-order valence-corrected chi connectivity index (χ3v) is 3.13. The highest BCUT2D eigenvalue weighted by Crippen LogP contribution is 2.08. The number of H-pyrrole nitrogens is 1. The van der Waals surface area contributed by atoms with Crippen LogP contribution in [0, 0.1) is 13.8 Å². The molecule has 8 heteroatoms. The van der Waals surface area contributed by atoms with Gasteiger partial charge in [0.15, 0.2) is 0 Å². The number of rotatable bonds is 3. The maximum Gasteiger partial charge on any atom is 0.293 e. The smallest absolute Gasteiger partial charge is 0.293 e. The molecule has 0 bridgehead atoms. The molecule has 3 aromatic heterocycles. The summed E-state index contributed by atoms with van der Waals surface area (Å²) < 4.78 is 1.58. The largest absolute Gasteiger partial charge is 0.334 e. The van der Waals surface area contributed by atoms with Crippen molar-refractivity contribution in [2.75, 3.05) is 7.05 Å². The Labute approximate surface area is 120 Å². The molecule has 1 amide bonds. The predicted molar refractivity (Wildman–Crippen MR) is 74.6 cm³/mol. The summed E-state index contributed by atoms with van der Waals surface area (Å²) >= 11 is 0. The van der Waals surface area contributed by atoms with Gasteiger partial charge in [0.25, 0.3) is 11.7 Å². The summed E-state index contributed by atoms with van der Waals surface area (Å²) in [5.74, 6) is 0.327. The summed E-state index contributed by atoms with van der Waals surface area (Å²) in [6, 6.07) is 1.89. The van der Waals surface area contributed by atoms with Crippen LogP contribution in [0.3, 0.4) is 0 Å². The van der Waals surface area contributed by atoms with E-state index in [2.05, 4.69) is 25.3 Å². The van der Waals surface area contributed by atoms with Gasteiger partial charge >= 0.3 is 0 Å². The van der Waals surface area contributed by atoms with E-state index in [1.165, 1.54) is 0 Å². The number of aryl methyl sites for hydroxylation is 2. The number of aromatic amines is 1. The van der Waals surface area contributed by atoms with Gasteiger partial charge in [-0.3, -0.25) is 9.89 Å². The van der Waals surface area contributed by atoms with E-state index >= 15 is 0 Å². The number of hydrogen-bond donors (Lipinski definition) is 1. The van der Waals surface area contributed by atoms with Crippen molar-refractivity contribution in [2.24, 2.45) is 0 Å². The van der Waals surface area contributed by atoms with Gasteiger partial charge in [-0.25, -0.2) is 9.50 Å². The minimum Gasteiger partial charge on any atom is -0.334 e. The van der Waals surface area contributed by atoms with Crippen LogP contribution < -0.4 is 0 Å². The number of nitrogens with zero attached hydrogens (tertiary/aromatic N) is 6. The van der Waals surface area contributed by atoms with E-state index in [0.29, 0.717) is 12.3 Å². The van der Waals surface area contributed by atoms with E-state index in [0.717, 1.165) is 17.0 Å². The van der Waals surface area contributed by atoms with E-state index in [9.17, 15) is 4.79 Å². The Bertz CT molecular complexity index is 790. The van der Waals surface area contributed by atoms with Crippen molar-refractivity contribution in [3.8, 4) is 0 Å². The summed E-state index contributed by atoms with van der Waals surface area (Å²) in [5, 5.41) is 10.8. The SMILES string of the molecule is Cc1cc(C)n2nc(C(=O)N(C)Cc3cn[nH]c3)nc2n1. The molecule has 0 aliphatic carbocycles.